The minimum atomic E-state index is -0.192. The number of aromatic nitrogens is 5. The van der Waals surface area contributed by atoms with Gasteiger partial charge in [0.15, 0.2) is 5.16 Å². The summed E-state index contributed by atoms with van der Waals surface area (Å²) >= 11 is 3.24. The Morgan fingerprint density at radius 2 is 2.19 bits per heavy atom. The number of aryl methyl sites for hydroxylation is 2. The Balaban J connectivity index is 1.52. The summed E-state index contributed by atoms with van der Waals surface area (Å²) in [6.45, 7) is 1.31. The molecule has 142 valence electrons. The molecule has 1 aliphatic heterocycles. The van der Waals surface area contributed by atoms with Gasteiger partial charge in [-0.05, 0) is 55.9 Å². The van der Waals surface area contributed by atoms with E-state index in [1.54, 1.807) is 22.2 Å². The summed E-state index contributed by atoms with van der Waals surface area (Å²) in [5.74, 6) is 0. The number of rotatable bonds is 4. The second-order valence-corrected chi connectivity index (χ2v) is 9.12. The average molecular weight is 404 g/mol. The third kappa shape index (κ3) is 3.32. The minimum Gasteiger partial charge on any atom is -0.376 e. The highest BCUT2D eigenvalue weighted by Crippen LogP contribution is 2.40. The topological polar surface area (TPSA) is 85.7 Å². The molecule has 0 spiro atoms. The van der Waals surface area contributed by atoms with Crippen LogP contribution in [0.5, 0.6) is 0 Å². The fourth-order valence-electron chi connectivity index (χ4n) is 3.94. The van der Waals surface area contributed by atoms with Gasteiger partial charge in [-0.3, -0.25) is 4.57 Å². The monoisotopic (exact) mass is 403 g/mol. The van der Waals surface area contributed by atoms with Gasteiger partial charge in [0, 0.05) is 16.9 Å². The van der Waals surface area contributed by atoms with Gasteiger partial charge in [-0.1, -0.05) is 6.42 Å². The fourth-order valence-corrected chi connectivity index (χ4v) is 6.18. The molecule has 1 atom stereocenters. The number of aromatic amines is 1. The maximum Gasteiger partial charge on any atom is 0.344 e. The number of hydrogen-bond acceptors (Lipinski definition) is 7. The van der Waals surface area contributed by atoms with Crippen LogP contribution in [-0.2, 0) is 24.1 Å². The van der Waals surface area contributed by atoms with Gasteiger partial charge in [0.05, 0.1) is 12.6 Å². The van der Waals surface area contributed by atoms with Gasteiger partial charge >= 0.3 is 5.69 Å². The van der Waals surface area contributed by atoms with Crippen LogP contribution in [0.25, 0.3) is 10.2 Å². The summed E-state index contributed by atoms with van der Waals surface area (Å²) in [7, 11) is 0. The lowest BCUT2D eigenvalue weighted by atomic mass is 10.1. The van der Waals surface area contributed by atoms with E-state index >= 15 is 0 Å². The number of ether oxygens (including phenoxy) is 1. The molecule has 2 aliphatic rings. The van der Waals surface area contributed by atoms with Crippen LogP contribution in [0, 0.1) is 0 Å². The van der Waals surface area contributed by atoms with E-state index in [1.807, 2.05) is 0 Å². The summed E-state index contributed by atoms with van der Waals surface area (Å²) in [5, 5.41) is 9.53. The zero-order valence-corrected chi connectivity index (χ0v) is 16.6. The Bertz CT molecular complexity index is 1020. The van der Waals surface area contributed by atoms with Gasteiger partial charge in [-0.25, -0.2) is 19.9 Å². The van der Waals surface area contributed by atoms with Crippen molar-refractivity contribution in [1.82, 2.24) is 24.7 Å². The Labute approximate surface area is 164 Å². The van der Waals surface area contributed by atoms with E-state index in [2.05, 4.69) is 20.2 Å². The number of nitrogens with zero attached hydrogens (tertiary/aromatic N) is 4. The van der Waals surface area contributed by atoms with E-state index in [0.29, 0.717) is 11.7 Å². The molecule has 0 aromatic carbocycles. The molecule has 0 bridgehead atoms. The first kappa shape index (κ1) is 17.4. The smallest absolute Gasteiger partial charge is 0.344 e. The molecule has 5 rings (SSSR count). The first-order valence-electron chi connectivity index (χ1n) is 9.49. The summed E-state index contributed by atoms with van der Waals surface area (Å²) in [6.07, 6.45) is 9.69. The highest BCUT2D eigenvalue weighted by molar-refractivity contribution is 7.99. The van der Waals surface area contributed by atoms with Gasteiger partial charge in [0.1, 0.15) is 16.2 Å². The molecule has 3 aromatic rings. The standard InChI is InChI=1S/C18H21N5O2S2/c24-17-21-22-18(23(17)9-11-5-4-8-25-11)27-16-14-12-6-2-1-3-7-13(12)26-15(14)19-10-20-16/h10-11H,1-9H2,(H,21,24)/t11-/m1/s1. The van der Waals surface area contributed by atoms with E-state index in [1.165, 1.54) is 41.5 Å². The highest BCUT2D eigenvalue weighted by Gasteiger charge is 2.23. The predicted molar refractivity (Wildman–Crippen MR) is 105 cm³/mol. The van der Waals surface area contributed by atoms with Crippen LogP contribution in [-0.4, -0.2) is 37.4 Å². The predicted octanol–water partition coefficient (Wildman–Crippen LogP) is 3.18. The maximum atomic E-state index is 12.3. The zero-order chi connectivity index (χ0) is 18.2. The average Bonchev–Trinajstić information content (AvgIpc) is 3.35. The number of nitrogens with one attached hydrogen (secondary N) is 1. The molecule has 0 radical (unpaired) electrons. The maximum absolute atomic E-state index is 12.3. The van der Waals surface area contributed by atoms with Gasteiger partial charge in [-0.2, -0.15) is 0 Å². The molecule has 4 heterocycles. The Kier molecular flexibility index (Phi) is 4.75. The largest absolute Gasteiger partial charge is 0.376 e. The first-order chi connectivity index (χ1) is 13.3. The minimum absolute atomic E-state index is 0.0856. The summed E-state index contributed by atoms with van der Waals surface area (Å²) in [5.41, 5.74) is 1.21. The normalized spacial score (nSPS) is 20.1. The third-order valence-electron chi connectivity index (χ3n) is 5.29. The molecule has 1 saturated heterocycles. The zero-order valence-electron chi connectivity index (χ0n) is 14.9. The molecule has 27 heavy (non-hydrogen) atoms. The molecule has 1 N–H and O–H groups in total. The van der Waals surface area contributed by atoms with Gasteiger partial charge in [0.2, 0.25) is 0 Å². The second kappa shape index (κ2) is 7.37. The molecule has 1 aliphatic carbocycles. The lowest BCUT2D eigenvalue weighted by Crippen LogP contribution is -2.24. The highest BCUT2D eigenvalue weighted by atomic mass is 32.2. The lowest BCUT2D eigenvalue weighted by Gasteiger charge is -2.11. The van der Waals surface area contributed by atoms with Crippen LogP contribution in [0.2, 0.25) is 0 Å². The van der Waals surface area contributed by atoms with E-state index in [-0.39, 0.29) is 11.8 Å². The van der Waals surface area contributed by atoms with Crippen molar-refractivity contribution in [3.8, 4) is 0 Å². The third-order valence-corrected chi connectivity index (χ3v) is 7.48. The van der Waals surface area contributed by atoms with Gasteiger partial charge in [-0.15, -0.1) is 16.4 Å². The van der Waals surface area contributed by atoms with E-state index in [0.717, 1.165) is 47.5 Å². The molecule has 0 unspecified atom stereocenters. The molecule has 7 nitrogen and oxygen atoms in total. The second-order valence-electron chi connectivity index (χ2n) is 7.08. The summed E-state index contributed by atoms with van der Waals surface area (Å²) in [6, 6.07) is 0. The van der Waals surface area contributed by atoms with E-state index in [4.69, 9.17) is 4.74 Å². The van der Waals surface area contributed by atoms with Crippen LogP contribution in [0.4, 0.5) is 0 Å². The molecule has 3 aromatic heterocycles. The Morgan fingerprint density at radius 1 is 1.26 bits per heavy atom. The van der Waals surface area contributed by atoms with Crippen LogP contribution in [0.15, 0.2) is 21.3 Å². The first-order valence-corrected chi connectivity index (χ1v) is 11.1. The molecular weight excluding hydrogens is 382 g/mol. The number of hydrogen-bond donors (Lipinski definition) is 1. The van der Waals surface area contributed by atoms with Crippen molar-refractivity contribution in [3.05, 3.63) is 27.3 Å². The van der Waals surface area contributed by atoms with Crippen LogP contribution in [0.1, 0.15) is 42.5 Å². The number of thiophene rings is 1. The molecular formula is C18H21N5O2S2. The van der Waals surface area contributed by atoms with Gasteiger partial charge in [0.25, 0.3) is 0 Å². The lowest BCUT2D eigenvalue weighted by molar-refractivity contribution is 0.0941. The van der Waals surface area contributed by atoms with Crippen molar-refractivity contribution in [2.24, 2.45) is 0 Å². The molecule has 0 saturated carbocycles. The number of fused-ring (bicyclic) bond motifs is 3. The SMILES string of the molecule is O=c1[nH]nc(Sc2ncnc3sc4c(c23)CCCCC4)n1C[C@H]1CCCO1. The summed E-state index contributed by atoms with van der Waals surface area (Å²) in [4.78, 5) is 23.8. The Hall–Kier alpha value is -1.71. The van der Waals surface area contributed by atoms with Crippen molar-refractivity contribution < 1.29 is 4.74 Å². The molecule has 9 heteroatoms. The van der Waals surface area contributed by atoms with Gasteiger partial charge < -0.3 is 4.74 Å². The van der Waals surface area contributed by atoms with Crippen molar-refractivity contribution in [2.75, 3.05) is 6.61 Å². The van der Waals surface area contributed by atoms with Crippen molar-refractivity contribution in [2.45, 2.75) is 67.8 Å². The Morgan fingerprint density at radius 3 is 3.07 bits per heavy atom. The van der Waals surface area contributed by atoms with Crippen LogP contribution >= 0.6 is 23.1 Å². The summed E-state index contributed by atoms with van der Waals surface area (Å²) < 4.78 is 7.38. The van der Waals surface area contributed by atoms with Crippen molar-refractivity contribution in [3.63, 3.8) is 0 Å². The number of H-pyrrole nitrogens is 1. The molecule has 0 amide bonds. The van der Waals surface area contributed by atoms with Crippen LogP contribution < -0.4 is 5.69 Å². The van der Waals surface area contributed by atoms with Crippen molar-refractivity contribution in [1.29, 1.82) is 0 Å². The molecule has 1 fully saturated rings. The van der Waals surface area contributed by atoms with Crippen LogP contribution in [0.3, 0.4) is 0 Å². The fraction of sp³-hybridized carbons (Fsp3) is 0.556. The van der Waals surface area contributed by atoms with Crippen molar-refractivity contribution >= 4 is 33.3 Å². The van der Waals surface area contributed by atoms with E-state index in [9.17, 15) is 4.79 Å². The van der Waals surface area contributed by atoms with E-state index < -0.39 is 0 Å². The quantitative estimate of drug-likeness (QED) is 0.532.